The summed E-state index contributed by atoms with van der Waals surface area (Å²) in [6.45, 7) is 9.21. The standard InChI is InChI=1S/C52H84N2O/c1-5-7-9-11-15-21-41-27-31-45(32-28-41)51(43-23-17-13-18-24-43)49-35-47(37-53-39(49)3)55-48-36-50(40(4)54-38-48)52(44-25-19-14-20-26-44)46-33-29-42(30-34-46)22-16-12-10-8-6-2/h35-38,41-46,51-52H,5-34H2,1-4H3. The van der Waals surface area contributed by atoms with E-state index in [2.05, 4.69) is 39.8 Å². The van der Waals surface area contributed by atoms with Gasteiger partial charge in [-0.2, -0.15) is 0 Å². The van der Waals surface area contributed by atoms with Crippen LogP contribution >= 0.6 is 0 Å². The first-order valence-electron chi connectivity index (χ1n) is 24.6. The number of rotatable bonds is 20. The third-order valence-corrected chi connectivity index (χ3v) is 15.7. The van der Waals surface area contributed by atoms with E-state index in [4.69, 9.17) is 14.7 Å². The molecule has 0 radical (unpaired) electrons. The van der Waals surface area contributed by atoms with Gasteiger partial charge in [-0.15, -0.1) is 0 Å². The molecule has 0 aliphatic heterocycles. The molecule has 4 aliphatic carbocycles. The Labute approximate surface area is 339 Å². The molecule has 2 atom stereocenters. The minimum absolute atomic E-state index is 0.621. The molecule has 55 heavy (non-hydrogen) atoms. The van der Waals surface area contributed by atoms with E-state index in [-0.39, 0.29) is 0 Å². The number of nitrogens with zero attached hydrogens (tertiary/aromatic N) is 2. The molecule has 0 N–H and O–H groups in total. The Morgan fingerprint density at radius 1 is 0.473 bits per heavy atom. The first-order valence-corrected chi connectivity index (χ1v) is 24.6. The second kappa shape index (κ2) is 22.9. The summed E-state index contributed by atoms with van der Waals surface area (Å²) in [5.41, 5.74) is 5.46. The van der Waals surface area contributed by atoms with Crippen LogP contribution in [0.2, 0.25) is 0 Å². The van der Waals surface area contributed by atoms with Crippen LogP contribution in [0.25, 0.3) is 0 Å². The van der Waals surface area contributed by atoms with Gasteiger partial charge in [-0.25, -0.2) is 0 Å². The van der Waals surface area contributed by atoms with Crippen molar-refractivity contribution < 1.29 is 4.74 Å². The Hall–Kier alpha value is -1.90. The molecule has 0 amide bonds. The predicted octanol–water partition coefficient (Wildman–Crippen LogP) is 16.5. The van der Waals surface area contributed by atoms with E-state index < -0.39 is 0 Å². The Balaban J connectivity index is 1.16. The van der Waals surface area contributed by atoms with E-state index in [9.17, 15) is 0 Å². The molecule has 2 unspecified atom stereocenters. The molecule has 4 saturated carbocycles. The predicted molar refractivity (Wildman–Crippen MR) is 234 cm³/mol. The van der Waals surface area contributed by atoms with Crippen LogP contribution in [-0.2, 0) is 0 Å². The molecule has 2 heterocycles. The molecule has 4 aliphatic rings. The lowest BCUT2D eigenvalue weighted by atomic mass is 9.65. The summed E-state index contributed by atoms with van der Waals surface area (Å²) in [6, 6.07) is 4.87. The summed E-state index contributed by atoms with van der Waals surface area (Å²) < 4.78 is 6.87. The summed E-state index contributed by atoms with van der Waals surface area (Å²) in [5.74, 6) is 8.15. The molecule has 0 aromatic carbocycles. The molecule has 3 nitrogen and oxygen atoms in total. The molecule has 3 heteroatoms. The van der Waals surface area contributed by atoms with Gasteiger partial charge in [-0.1, -0.05) is 155 Å². The lowest BCUT2D eigenvalue weighted by Gasteiger charge is -2.40. The maximum absolute atomic E-state index is 6.87. The number of pyridine rings is 2. The van der Waals surface area contributed by atoms with Crippen molar-refractivity contribution in [3.63, 3.8) is 0 Å². The average Bonchev–Trinajstić information content (AvgIpc) is 3.22. The minimum atomic E-state index is 0.621. The van der Waals surface area contributed by atoms with Crippen molar-refractivity contribution in [1.29, 1.82) is 0 Å². The van der Waals surface area contributed by atoms with Gasteiger partial charge in [0, 0.05) is 11.4 Å². The number of ether oxygens (including phenoxy) is 1. The van der Waals surface area contributed by atoms with Gasteiger partial charge in [-0.05, 0) is 136 Å². The molecule has 4 fully saturated rings. The summed E-state index contributed by atoms with van der Waals surface area (Å²) in [6.07, 6.45) is 46.4. The molecule has 2 aromatic heterocycles. The van der Waals surface area contributed by atoms with E-state index >= 15 is 0 Å². The van der Waals surface area contributed by atoms with E-state index in [1.807, 2.05) is 12.4 Å². The molecule has 6 rings (SSSR count). The number of aromatic nitrogens is 2. The Bertz CT molecular complexity index is 1250. The number of hydrogen-bond donors (Lipinski definition) is 0. The SMILES string of the molecule is CCCCCCCC1CCC(C(c2cc(Oc3cnc(C)c(C(C4CCCCC4)C4CCC(CCCCCCC)CC4)c3)cnc2C)C2CCCCC2)CC1. The van der Waals surface area contributed by atoms with Crippen LogP contribution in [0.3, 0.4) is 0 Å². The van der Waals surface area contributed by atoms with Crippen LogP contribution in [0.1, 0.15) is 241 Å². The van der Waals surface area contributed by atoms with E-state index in [1.165, 1.54) is 215 Å². The summed E-state index contributed by atoms with van der Waals surface area (Å²) in [4.78, 5) is 10.2. The second-order valence-corrected chi connectivity index (χ2v) is 19.6. The zero-order valence-electron chi connectivity index (χ0n) is 36.4. The van der Waals surface area contributed by atoms with Gasteiger partial charge < -0.3 is 4.74 Å². The molecule has 0 saturated heterocycles. The van der Waals surface area contributed by atoms with Gasteiger partial charge in [0.1, 0.15) is 11.5 Å². The van der Waals surface area contributed by atoms with Crippen molar-refractivity contribution in [2.45, 2.75) is 232 Å². The third kappa shape index (κ3) is 12.5. The first-order chi connectivity index (χ1) is 27.0. The largest absolute Gasteiger partial charge is 0.454 e. The maximum atomic E-state index is 6.87. The summed E-state index contributed by atoms with van der Waals surface area (Å²) in [5, 5.41) is 0. The maximum Gasteiger partial charge on any atom is 0.146 e. The van der Waals surface area contributed by atoms with Crippen molar-refractivity contribution in [1.82, 2.24) is 9.97 Å². The zero-order valence-corrected chi connectivity index (χ0v) is 36.4. The zero-order chi connectivity index (χ0) is 38.2. The monoisotopic (exact) mass is 753 g/mol. The van der Waals surface area contributed by atoms with E-state index in [0.717, 1.165) is 47.0 Å². The highest BCUT2D eigenvalue weighted by atomic mass is 16.5. The smallest absolute Gasteiger partial charge is 0.146 e. The van der Waals surface area contributed by atoms with Gasteiger partial charge >= 0.3 is 0 Å². The summed E-state index contributed by atoms with van der Waals surface area (Å²) >= 11 is 0. The lowest BCUT2D eigenvalue weighted by molar-refractivity contribution is 0.171. The molecule has 2 aromatic rings. The first kappa shape index (κ1) is 42.7. The van der Waals surface area contributed by atoms with Gasteiger partial charge in [-0.3, -0.25) is 9.97 Å². The molecule has 0 bridgehead atoms. The van der Waals surface area contributed by atoms with Gasteiger partial charge in [0.2, 0.25) is 0 Å². The highest BCUT2D eigenvalue weighted by Gasteiger charge is 2.37. The van der Waals surface area contributed by atoms with Crippen LogP contribution in [0.4, 0.5) is 0 Å². The molecular weight excluding hydrogens is 669 g/mol. The average molecular weight is 753 g/mol. The van der Waals surface area contributed by atoms with E-state index in [0.29, 0.717) is 11.8 Å². The summed E-state index contributed by atoms with van der Waals surface area (Å²) in [7, 11) is 0. The fourth-order valence-electron chi connectivity index (χ4n) is 12.5. The Morgan fingerprint density at radius 3 is 1.22 bits per heavy atom. The van der Waals surface area contributed by atoms with Gasteiger partial charge in [0.05, 0.1) is 12.4 Å². The fourth-order valence-corrected chi connectivity index (χ4v) is 12.5. The van der Waals surface area contributed by atoms with Crippen molar-refractivity contribution in [3.05, 3.63) is 47.0 Å². The molecule has 0 spiro atoms. The van der Waals surface area contributed by atoms with Gasteiger partial charge in [0.25, 0.3) is 0 Å². The van der Waals surface area contributed by atoms with Crippen molar-refractivity contribution in [3.8, 4) is 11.5 Å². The van der Waals surface area contributed by atoms with E-state index in [1.54, 1.807) is 0 Å². The highest BCUT2D eigenvalue weighted by Crippen LogP contribution is 2.50. The number of hydrogen-bond acceptors (Lipinski definition) is 3. The van der Waals surface area contributed by atoms with Crippen LogP contribution in [0.5, 0.6) is 11.5 Å². The second-order valence-electron chi connectivity index (χ2n) is 19.6. The Morgan fingerprint density at radius 2 is 0.836 bits per heavy atom. The van der Waals surface area contributed by atoms with Crippen LogP contribution < -0.4 is 4.74 Å². The minimum Gasteiger partial charge on any atom is -0.454 e. The van der Waals surface area contributed by atoms with Gasteiger partial charge in [0.15, 0.2) is 0 Å². The quantitative estimate of drug-likeness (QED) is 0.126. The number of unbranched alkanes of at least 4 members (excludes halogenated alkanes) is 8. The van der Waals surface area contributed by atoms with Crippen molar-refractivity contribution in [2.75, 3.05) is 0 Å². The van der Waals surface area contributed by atoms with Crippen LogP contribution in [0, 0.1) is 49.4 Å². The van der Waals surface area contributed by atoms with Crippen molar-refractivity contribution >= 4 is 0 Å². The topological polar surface area (TPSA) is 35.0 Å². The Kier molecular flexibility index (Phi) is 17.8. The third-order valence-electron chi connectivity index (χ3n) is 15.7. The molecule has 308 valence electrons. The highest BCUT2D eigenvalue weighted by molar-refractivity contribution is 5.39. The van der Waals surface area contributed by atoms with Crippen LogP contribution in [0.15, 0.2) is 24.5 Å². The normalized spacial score (nSPS) is 25.5. The number of aryl methyl sites for hydroxylation is 2. The van der Waals surface area contributed by atoms with Crippen molar-refractivity contribution in [2.24, 2.45) is 35.5 Å². The molecular formula is C52H84N2O. The lowest BCUT2D eigenvalue weighted by Crippen LogP contribution is -2.28. The fraction of sp³-hybridized carbons (Fsp3) is 0.808. The van der Waals surface area contributed by atoms with Crippen LogP contribution in [-0.4, -0.2) is 9.97 Å².